The number of halogens is 2. The van der Waals surface area contributed by atoms with Crippen LogP contribution in [0.15, 0.2) is 18.2 Å². The van der Waals surface area contributed by atoms with Crippen molar-refractivity contribution in [2.45, 2.75) is 26.3 Å². The summed E-state index contributed by atoms with van der Waals surface area (Å²) in [7, 11) is 0. The first kappa shape index (κ1) is 11.5. The molecule has 0 unspecified atom stereocenters. The van der Waals surface area contributed by atoms with Gasteiger partial charge in [0.15, 0.2) is 0 Å². The van der Waals surface area contributed by atoms with E-state index in [1.807, 2.05) is 0 Å². The lowest BCUT2D eigenvalue weighted by atomic mass is 9.99. The Morgan fingerprint density at radius 2 is 1.75 bits per heavy atom. The summed E-state index contributed by atoms with van der Waals surface area (Å²) < 4.78 is 26.9. The van der Waals surface area contributed by atoms with Crippen molar-refractivity contribution in [3.05, 3.63) is 35.4 Å². The Morgan fingerprint density at radius 1 is 1.19 bits per heavy atom. The molecule has 0 radical (unpaired) electrons. The molecule has 1 heterocycles. The molecule has 88 valence electrons. The van der Waals surface area contributed by atoms with Crippen molar-refractivity contribution in [3.8, 4) is 0 Å². The van der Waals surface area contributed by atoms with Gasteiger partial charge in [0.1, 0.15) is 18.2 Å². The molecule has 0 atom stereocenters. The second kappa shape index (κ2) is 4.91. The van der Waals surface area contributed by atoms with E-state index in [9.17, 15) is 8.78 Å². The molecule has 1 aromatic carbocycles. The summed E-state index contributed by atoms with van der Waals surface area (Å²) in [5, 5.41) is 0. The Kier molecular flexibility index (Phi) is 3.54. The average Bonchev–Trinajstić information content (AvgIpc) is 2.26. The zero-order chi connectivity index (χ0) is 11.5. The molecular formula is C13H18F2N+. The zero-order valence-electron chi connectivity index (χ0n) is 9.60. The standard InChI is InChI=1S/C13H17F2N/c1-10-5-7-16(8-6-10)9-11-12(14)3-2-4-13(11)15/h2-4,10H,5-9H2,1H3/p+1. The third kappa shape index (κ3) is 2.59. The van der Waals surface area contributed by atoms with Crippen molar-refractivity contribution in [1.82, 2.24) is 0 Å². The average molecular weight is 226 g/mol. The number of rotatable bonds is 2. The van der Waals surface area contributed by atoms with E-state index in [0.29, 0.717) is 6.54 Å². The lowest BCUT2D eigenvalue weighted by molar-refractivity contribution is -0.920. The molecule has 1 aromatic rings. The minimum atomic E-state index is -0.411. The largest absolute Gasteiger partial charge is 0.331 e. The normalized spacial score (nSPS) is 25.7. The van der Waals surface area contributed by atoms with Gasteiger partial charge in [0.25, 0.3) is 0 Å². The van der Waals surface area contributed by atoms with Gasteiger partial charge in [0.2, 0.25) is 0 Å². The van der Waals surface area contributed by atoms with Gasteiger partial charge in [-0.15, -0.1) is 0 Å². The smallest absolute Gasteiger partial charge is 0.135 e. The van der Waals surface area contributed by atoms with Crippen LogP contribution in [0.25, 0.3) is 0 Å². The molecule has 1 aliphatic heterocycles. The fraction of sp³-hybridized carbons (Fsp3) is 0.538. The van der Waals surface area contributed by atoms with E-state index in [1.54, 1.807) is 0 Å². The van der Waals surface area contributed by atoms with Crippen LogP contribution in [-0.2, 0) is 6.54 Å². The molecule has 1 aliphatic rings. The molecule has 1 N–H and O–H groups in total. The van der Waals surface area contributed by atoms with Crippen molar-refractivity contribution in [3.63, 3.8) is 0 Å². The van der Waals surface area contributed by atoms with Crippen LogP contribution < -0.4 is 4.90 Å². The highest BCUT2D eigenvalue weighted by molar-refractivity contribution is 5.18. The van der Waals surface area contributed by atoms with Crippen molar-refractivity contribution in [1.29, 1.82) is 0 Å². The van der Waals surface area contributed by atoms with Crippen LogP contribution in [0, 0.1) is 17.6 Å². The Morgan fingerprint density at radius 3 is 2.31 bits per heavy atom. The fourth-order valence-corrected chi connectivity index (χ4v) is 2.30. The van der Waals surface area contributed by atoms with Gasteiger partial charge in [-0.25, -0.2) is 8.78 Å². The van der Waals surface area contributed by atoms with Crippen LogP contribution in [0.2, 0.25) is 0 Å². The van der Waals surface area contributed by atoms with E-state index in [2.05, 4.69) is 6.92 Å². The summed E-state index contributed by atoms with van der Waals surface area (Å²) in [5.41, 5.74) is 0.243. The lowest BCUT2D eigenvalue weighted by Crippen LogP contribution is -3.11. The van der Waals surface area contributed by atoms with E-state index in [4.69, 9.17) is 0 Å². The third-order valence-electron chi connectivity index (χ3n) is 3.47. The maximum Gasteiger partial charge on any atom is 0.135 e. The summed E-state index contributed by atoms with van der Waals surface area (Å²) in [5.74, 6) is -0.0635. The van der Waals surface area contributed by atoms with Crippen molar-refractivity contribution >= 4 is 0 Å². The Hall–Kier alpha value is -0.960. The predicted molar refractivity (Wildman–Crippen MR) is 59.2 cm³/mol. The topological polar surface area (TPSA) is 4.44 Å². The number of hydrogen-bond acceptors (Lipinski definition) is 0. The van der Waals surface area contributed by atoms with Crippen LogP contribution in [0.1, 0.15) is 25.3 Å². The molecule has 0 aliphatic carbocycles. The second-order valence-corrected chi connectivity index (χ2v) is 4.81. The number of quaternary nitrogens is 1. The van der Waals surface area contributed by atoms with Crippen LogP contribution in [-0.4, -0.2) is 13.1 Å². The molecule has 0 amide bonds. The van der Waals surface area contributed by atoms with Crippen molar-refractivity contribution < 1.29 is 13.7 Å². The fourth-order valence-electron chi connectivity index (χ4n) is 2.30. The number of benzene rings is 1. The molecular weight excluding hydrogens is 208 g/mol. The van der Waals surface area contributed by atoms with Crippen LogP contribution in [0.4, 0.5) is 8.78 Å². The van der Waals surface area contributed by atoms with E-state index in [1.165, 1.54) is 23.1 Å². The molecule has 2 rings (SSSR count). The third-order valence-corrected chi connectivity index (χ3v) is 3.47. The molecule has 1 fully saturated rings. The summed E-state index contributed by atoms with van der Waals surface area (Å²) in [6.45, 7) is 4.76. The second-order valence-electron chi connectivity index (χ2n) is 4.81. The monoisotopic (exact) mass is 226 g/mol. The molecule has 0 saturated carbocycles. The summed E-state index contributed by atoms with van der Waals surface area (Å²) in [6.07, 6.45) is 2.32. The minimum Gasteiger partial charge on any atom is -0.331 e. The molecule has 1 saturated heterocycles. The van der Waals surface area contributed by atoms with Gasteiger partial charge < -0.3 is 4.90 Å². The maximum atomic E-state index is 13.4. The first-order valence-corrected chi connectivity index (χ1v) is 5.93. The quantitative estimate of drug-likeness (QED) is 0.784. The highest BCUT2D eigenvalue weighted by atomic mass is 19.1. The summed E-state index contributed by atoms with van der Waals surface area (Å²) in [4.78, 5) is 1.29. The Bertz CT molecular complexity index is 337. The van der Waals surface area contributed by atoms with E-state index in [-0.39, 0.29) is 5.56 Å². The Labute approximate surface area is 95.1 Å². The van der Waals surface area contributed by atoms with Crippen molar-refractivity contribution in [2.24, 2.45) is 5.92 Å². The first-order valence-electron chi connectivity index (χ1n) is 5.93. The predicted octanol–water partition coefficient (Wildman–Crippen LogP) is 1.78. The van der Waals surface area contributed by atoms with Crippen molar-refractivity contribution in [2.75, 3.05) is 13.1 Å². The van der Waals surface area contributed by atoms with Crippen LogP contribution in [0.5, 0.6) is 0 Å². The summed E-state index contributed by atoms with van der Waals surface area (Å²) in [6, 6.07) is 4.09. The van der Waals surface area contributed by atoms with E-state index < -0.39 is 11.6 Å². The van der Waals surface area contributed by atoms with Gasteiger partial charge in [0.05, 0.1) is 18.7 Å². The van der Waals surface area contributed by atoms with Gasteiger partial charge >= 0.3 is 0 Å². The number of likely N-dealkylation sites (tertiary alicyclic amines) is 1. The number of hydrogen-bond donors (Lipinski definition) is 1. The van der Waals surface area contributed by atoms with Gasteiger partial charge in [0, 0.05) is 0 Å². The Balaban J connectivity index is 2.04. The molecule has 1 nitrogen and oxygen atoms in total. The van der Waals surface area contributed by atoms with E-state index in [0.717, 1.165) is 31.8 Å². The van der Waals surface area contributed by atoms with Gasteiger partial charge in [-0.1, -0.05) is 13.0 Å². The molecule has 0 spiro atoms. The first-order chi connectivity index (χ1) is 7.66. The molecule has 16 heavy (non-hydrogen) atoms. The lowest BCUT2D eigenvalue weighted by Gasteiger charge is -2.27. The maximum absolute atomic E-state index is 13.4. The van der Waals surface area contributed by atoms with E-state index >= 15 is 0 Å². The number of piperidine rings is 1. The minimum absolute atomic E-state index is 0.243. The van der Waals surface area contributed by atoms with Gasteiger partial charge in [-0.2, -0.15) is 0 Å². The van der Waals surface area contributed by atoms with Gasteiger partial charge in [-0.3, -0.25) is 0 Å². The SMILES string of the molecule is CC1CC[NH+](Cc2c(F)cccc2F)CC1. The highest BCUT2D eigenvalue weighted by Gasteiger charge is 2.21. The molecule has 0 aromatic heterocycles. The van der Waals surface area contributed by atoms with Gasteiger partial charge in [-0.05, 0) is 30.9 Å². The molecule has 3 heteroatoms. The molecule has 0 bridgehead atoms. The number of nitrogens with one attached hydrogen (secondary N) is 1. The van der Waals surface area contributed by atoms with Crippen LogP contribution >= 0.6 is 0 Å². The summed E-state index contributed by atoms with van der Waals surface area (Å²) >= 11 is 0. The zero-order valence-corrected chi connectivity index (χ0v) is 9.60. The highest BCUT2D eigenvalue weighted by Crippen LogP contribution is 2.12. The van der Waals surface area contributed by atoms with Crippen LogP contribution in [0.3, 0.4) is 0 Å².